The van der Waals surface area contributed by atoms with E-state index in [-0.39, 0.29) is 11.3 Å². The van der Waals surface area contributed by atoms with Crippen LogP contribution in [0.4, 0.5) is 0 Å². The zero-order valence-electron chi connectivity index (χ0n) is 14.5. The maximum Gasteiger partial charge on any atom is 0.279 e. The number of primary amides is 1. The number of nitrogens with zero attached hydrogens (tertiary/aromatic N) is 3. The Kier molecular flexibility index (Phi) is 4.19. The predicted molar refractivity (Wildman–Crippen MR) is 101 cm³/mol. The molecule has 0 unspecified atom stereocenters. The van der Waals surface area contributed by atoms with Crippen molar-refractivity contribution in [1.29, 1.82) is 0 Å². The van der Waals surface area contributed by atoms with Gasteiger partial charge in [-0.3, -0.25) is 14.4 Å². The van der Waals surface area contributed by atoms with Gasteiger partial charge in [-0.05, 0) is 31.0 Å². The molecule has 1 fully saturated rings. The maximum absolute atomic E-state index is 13.2. The Hall–Kier alpha value is -3.48. The van der Waals surface area contributed by atoms with Crippen LogP contribution in [-0.2, 0) is 4.79 Å². The summed E-state index contributed by atoms with van der Waals surface area (Å²) in [5.74, 6) is -0.918. The van der Waals surface area contributed by atoms with E-state index in [9.17, 15) is 14.4 Å². The number of fused-ring (bicyclic) bond motifs is 1. The number of carbonyl (C=O) groups is 2. The molecule has 2 N–H and O–H groups in total. The molecule has 2 aromatic carbocycles. The first-order valence-corrected chi connectivity index (χ1v) is 8.75. The Morgan fingerprint density at radius 2 is 1.67 bits per heavy atom. The molecule has 0 bridgehead atoms. The van der Waals surface area contributed by atoms with Crippen molar-refractivity contribution in [3.8, 4) is 5.69 Å². The van der Waals surface area contributed by atoms with Crippen LogP contribution in [0, 0.1) is 0 Å². The molecule has 0 radical (unpaired) electrons. The van der Waals surface area contributed by atoms with Gasteiger partial charge in [0.15, 0.2) is 5.69 Å². The number of para-hydroxylation sites is 1. The first-order valence-electron chi connectivity index (χ1n) is 8.75. The molecule has 1 saturated heterocycles. The quantitative estimate of drug-likeness (QED) is 0.763. The molecule has 0 aliphatic carbocycles. The fourth-order valence-electron chi connectivity index (χ4n) is 3.53. The molecule has 1 aromatic heterocycles. The molecule has 0 spiro atoms. The van der Waals surface area contributed by atoms with Gasteiger partial charge in [0.2, 0.25) is 5.91 Å². The topological polar surface area (TPSA) is 98.3 Å². The highest BCUT2D eigenvalue weighted by atomic mass is 16.2. The van der Waals surface area contributed by atoms with Gasteiger partial charge in [0.1, 0.15) is 6.04 Å². The number of hydrogen-bond acceptors (Lipinski definition) is 4. The second kappa shape index (κ2) is 6.68. The first-order chi connectivity index (χ1) is 13.1. The second-order valence-corrected chi connectivity index (χ2v) is 6.51. The summed E-state index contributed by atoms with van der Waals surface area (Å²) in [7, 11) is 0. The minimum absolute atomic E-state index is 0.141. The third-order valence-electron chi connectivity index (χ3n) is 4.85. The molecule has 1 aliphatic heterocycles. The number of likely N-dealkylation sites (tertiary alicyclic amines) is 1. The van der Waals surface area contributed by atoms with Crippen LogP contribution in [-0.4, -0.2) is 39.1 Å². The lowest BCUT2D eigenvalue weighted by molar-refractivity contribution is -0.121. The lowest BCUT2D eigenvalue weighted by Gasteiger charge is -2.22. The summed E-state index contributed by atoms with van der Waals surface area (Å²) in [5, 5.41) is 5.23. The highest BCUT2D eigenvalue weighted by molar-refractivity contribution is 6.06. The van der Waals surface area contributed by atoms with E-state index in [1.807, 2.05) is 6.07 Å². The van der Waals surface area contributed by atoms with Gasteiger partial charge in [-0.25, -0.2) is 0 Å². The monoisotopic (exact) mass is 362 g/mol. The normalized spacial score (nSPS) is 16.6. The van der Waals surface area contributed by atoms with Crippen LogP contribution in [0.25, 0.3) is 16.5 Å². The van der Waals surface area contributed by atoms with Crippen LogP contribution in [0.2, 0.25) is 0 Å². The van der Waals surface area contributed by atoms with Crippen molar-refractivity contribution < 1.29 is 9.59 Å². The Morgan fingerprint density at radius 3 is 2.37 bits per heavy atom. The predicted octanol–water partition coefficient (Wildman–Crippen LogP) is 1.48. The summed E-state index contributed by atoms with van der Waals surface area (Å²) in [6.45, 7) is 0.437. The number of benzene rings is 2. The van der Waals surface area contributed by atoms with Crippen LogP contribution < -0.4 is 11.3 Å². The molecule has 7 heteroatoms. The summed E-state index contributed by atoms with van der Waals surface area (Å²) in [6, 6.07) is 15.1. The van der Waals surface area contributed by atoms with Crippen molar-refractivity contribution in [2.75, 3.05) is 6.54 Å². The van der Waals surface area contributed by atoms with E-state index in [4.69, 9.17) is 5.73 Å². The van der Waals surface area contributed by atoms with Gasteiger partial charge >= 0.3 is 0 Å². The van der Waals surface area contributed by atoms with E-state index >= 15 is 0 Å². The number of carbonyl (C=O) groups excluding carboxylic acids is 2. The highest BCUT2D eigenvalue weighted by Gasteiger charge is 2.35. The van der Waals surface area contributed by atoms with E-state index in [1.165, 1.54) is 9.58 Å². The average Bonchev–Trinajstić information content (AvgIpc) is 3.19. The largest absolute Gasteiger partial charge is 0.368 e. The summed E-state index contributed by atoms with van der Waals surface area (Å²) in [4.78, 5) is 39.3. The number of hydrogen-bond donors (Lipinski definition) is 1. The molecule has 1 aliphatic rings. The molecule has 0 saturated carbocycles. The maximum atomic E-state index is 13.2. The van der Waals surface area contributed by atoms with Crippen molar-refractivity contribution in [3.63, 3.8) is 0 Å². The summed E-state index contributed by atoms with van der Waals surface area (Å²) in [6.07, 6.45) is 1.24. The number of aromatic nitrogens is 2. The molecule has 4 rings (SSSR count). The van der Waals surface area contributed by atoms with Crippen LogP contribution in [0.1, 0.15) is 23.3 Å². The van der Waals surface area contributed by atoms with Gasteiger partial charge in [-0.15, -0.1) is 0 Å². The zero-order valence-corrected chi connectivity index (χ0v) is 14.5. The van der Waals surface area contributed by atoms with Gasteiger partial charge in [-0.1, -0.05) is 36.4 Å². The minimum atomic E-state index is -0.643. The van der Waals surface area contributed by atoms with E-state index < -0.39 is 17.9 Å². The summed E-state index contributed by atoms with van der Waals surface area (Å²) in [5.41, 5.74) is 5.85. The standard InChI is InChI=1S/C20H18N4O3/c21-18(25)16-11-6-12-23(16)20(27)17-14-9-4-5-10-15(14)19(26)24(22-17)13-7-2-1-3-8-13/h1-5,7-10,16H,6,11-12H2,(H2,21,25)/t16-/m0/s1. The summed E-state index contributed by atoms with van der Waals surface area (Å²) < 4.78 is 1.23. The molecule has 7 nitrogen and oxygen atoms in total. The van der Waals surface area contributed by atoms with Crippen LogP contribution >= 0.6 is 0 Å². The molecule has 2 amide bonds. The third-order valence-corrected chi connectivity index (χ3v) is 4.85. The van der Waals surface area contributed by atoms with Gasteiger partial charge < -0.3 is 10.6 Å². The summed E-state index contributed by atoms with van der Waals surface area (Å²) >= 11 is 0. The fraction of sp³-hybridized carbons (Fsp3) is 0.200. The Balaban J connectivity index is 1.92. The molecule has 27 heavy (non-hydrogen) atoms. The molecule has 136 valence electrons. The fourth-order valence-corrected chi connectivity index (χ4v) is 3.53. The third kappa shape index (κ3) is 2.87. The molecular formula is C20H18N4O3. The zero-order chi connectivity index (χ0) is 19.0. The average molecular weight is 362 g/mol. The molecule has 2 heterocycles. The lowest BCUT2D eigenvalue weighted by Crippen LogP contribution is -2.44. The van der Waals surface area contributed by atoms with E-state index in [2.05, 4.69) is 5.10 Å². The highest BCUT2D eigenvalue weighted by Crippen LogP contribution is 2.22. The van der Waals surface area contributed by atoms with Crippen LogP contribution in [0.5, 0.6) is 0 Å². The molecular weight excluding hydrogens is 344 g/mol. The lowest BCUT2D eigenvalue weighted by atomic mass is 10.1. The van der Waals surface area contributed by atoms with Crippen molar-refractivity contribution >= 4 is 22.6 Å². The van der Waals surface area contributed by atoms with Crippen molar-refractivity contribution in [3.05, 3.63) is 70.6 Å². The Bertz CT molecular complexity index is 1090. The van der Waals surface area contributed by atoms with Gasteiger partial charge in [0, 0.05) is 11.9 Å². The van der Waals surface area contributed by atoms with E-state index in [0.717, 1.165) is 0 Å². The van der Waals surface area contributed by atoms with Crippen molar-refractivity contribution in [2.45, 2.75) is 18.9 Å². The Morgan fingerprint density at radius 1 is 1.00 bits per heavy atom. The van der Waals surface area contributed by atoms with E-state index in [1.54, 1.807) is 48.5 Å². The Labute approximate surface area is 155 Å². The molecule has 1 atom stereocenters. The van der Waals surface area contributed by atoms with Gasteiger partial charge in [0.05, 0.1) is 11.1 Å². The van der Waals surface area contributed by atoms with Crippen LogP contribution in [0.3, 0.4) is 0 Å². The SMILES string of the molecule is NC(=O)[C@@H]1CCCN1C(=O)c1nn(-c2ccccc2)c(=O)c2ccccc12. The second-order valence-electron chi connectivity index (χ2n) is 6.51. The minimum Gasteiger partial charge on any atom is -0.368 e. The first kappa shape index (κ1) is 17.0. The van der Waals surface area contributed by atoms with Gasteiger partial charge in [0.25, 0.3) is 11.5 Å². The van der Waals surface area contributed by atoms with Gasteiger partial charge in [-0.2, -0.15) is 9.78 Å². The number of amides is 2. The van der Waals surface area contributed by atoms with Crippen molar-refractivity contribution in [1.82, 2.24) is 14.7 Å². The number of rotatable bonds is 3. The van der Waals surface area contributed by atoms with E-state index in [0.29, 0.717) is 35.8 Å². The van der Waals surface area contributed by atoms with Crippen LogP contribution in [0.15, 0.2) is 59.4 Å². The smallest absolute Gasteiger partial charge is 0.279 e. The molecule has 3 aromatic rings. The van der Waals surface area contributed by atoms with Crippen molar-refractivity contribution in [2.24, 2.45) is 5.73 Å². The number of nitrogens with two attached hydrogens (primary N) is 1.